The molecule has 2 aromatic heterocycles. The quantitative estimate of drug-likeness (QED) is 0.289. The lowest BCUT2D eigenvalue weighted by Crippen LogP contribution is -2.03. The number of anilines is 4. The lowest BCUT2D eigenvalue weighted by atomic mass is 10.1. The second-order valence-electron chi connectivity index (χ2n) is 6.66. The molecule has 31 heavy (non-hydrogen) atoms. The number of pyridine rings is 2. The maximum absolute atomic E-state index is 13.1. The number of benzene rings is 2. The minimum absolute atomic E-state index is 0.192. The zero-order valence-corrected chi connectivity index (χ0v) is 16.5. The fourth-order valence-corrected chi connectivity index (χ4v) is 2.94. The first kappa shape index (κ1) is 20.0. The van der Waals surface area contributed by atoms with Gasteiger partial charge in [-0.1, -0.05) is 18.2 Å². The maximum atomic E-state index is 13.1. The van der Waals surface area contributed by atoms with E-state index in [1.165, 1.54) is 18.2 Å². The molecule has 0 radical (unpaired) electrons. The third kappa shape index (κ3) is 5.19. The van der Waals surface area contributed by atoms with Gasteiger partial charge in [-0.05, 0) is 72.8 Å². The molecule has 5 nitrogen and oxygen atoms in total. The topological polar surface area (TPSA) is 66.9 Å². The van der Waals surface area contributed by atoms with Gasteiger partial charge in [0.2, 0.25) is 0 Å². The second-order valence-corrected chi connectivity index (χ2v) is 6.66. The average molecular weight is 410 g/mol. The molecule has 0 amide bonds. The van der Waals surface area contributed by atoms with Gasteiger partial charge in [-0.3, -0.25) is 4.79 Å². The van der Waals surface area contributed by atoms with Crippen LogP contribution in [-0.2, 0) is 0 Å². The van der Waals surface area contributed by atoms with E-state index in [0.29, 0.717) is 22.9 Å². The van der Waals surface area contributed by atoms with Crippen molar-refractivity contribution in [2.45, 2.75) is 0 Å². The number of nitrogens with one attached hydrogen (secondary N) is 2. The van der Waals surface area contributed by atoms with Crippen molar-refractivity contribution in [3.05, 3.63) is 114 Å². The van der Waals surface area contributed by atoms with Crippen LogP contribution in [0.5, 0.6) is 0 Å². The summed E-state index contributed by atoms with van der Waals surface area (Å²) in [5.74, 6) is 0.544. The van der Waals surface area contributed by atoms with Gasteiger partial charge >= 0.3 is 0 Å². The third-order valence-electron chi connectivity index (χ3n) is 4.47. The van der Waals surface area contributed by atoms with Crippen molar-refractivity contribution in [2.24, 2.45) is 0 Å². The number of allylic oxidation sites excluding steroid dienone is 1. The molecule has 0 saturated heterocycles. The van der Waals surface area contributed by atoms with Crippen LogP contribution in [-0.4, -0.2) is 15.8 Å². The van der Waals surface area contributed by atoms with Crippen LogP contribution in [0.25, 0.3) is 6.08 Å². The SMILES string of the molecule is O=C(C=Cc1cccnc1Nc1ccc(F)cc1)c1cccnc1Nc1ccccc1. The summed E-state index contributed by atoms with van der Waals surface area (Å²) >= 11 is 0. The second kappa shape index (κ2) is 9.45. The lowest BCUT2D eigenvalue weighted by molar-refractivity contribution is 0.104. The summed E-state index contributed by atoms with van der Waals surface area (Å²) in [5.41, 5.74) is 2.72. The van der Waals surface area contributed by atoms with Crippen LogP contribution >= 0.6 is 0 Å². The molecule has 0 aliphatic heterocycles. The number of rotatable bonds is 7. The highest BCUT2D eigenvalue weighted by Crippen LogP contribution is 2.22. The molecular formula is C25H19FN4O. The Labute approximate surface area is 179 Å². The summed E-state index contributed by atoms with van der Waals surface area (Å²) in [5, 5.41) is 6.32. The van der Waals surface area contributed by atoms with Gasteiger partial charge in [0, 0.05) is 29.3 Å². The molecule has 6 heteroatoms. The summed E-state index contributed by atoms with van der Waals surface area (Å²) in [6.07, 6.45) is 6.46. The van der Waals surface area contributed by atoms with Crippen molar-refractivity contribution in [1.29, 1.82) is 0 Å². The van der Waals surface area contributed by atoms with Gasteiger partial charge < -0.3 is 10.6 Å². The zero-order valence-electron chi connectivity index (χ0n) is 16.5. The van der Waals surface area contributed by atoms with Crippen molar-refractivity contribution in [2.75, 3.05) is 10.6 Å². The Balaban J connectivity index is 1.55. The summed E-state index contributed by atoms with van der Waals surface area (Å²) < 4.78 is 13.1. The third-order valence-corrected chi connectivity index (χ3v) is 4.47. The van der Waals surface area contributed by atoms with Crippen molar-refractivity contribution >= 4 is 34.9 Å². The van der Waals surface area contributed by atoms with Crippen LogP contribution in [0.4, 0.5) is 27.4 Å². The maximum Gasteiger partial charge on any atom is 0.189 e. The number of carbonyl (C=O) groups is 1. The highest BCUT2D eigenvalue weighted by Gasteiger charge is 2.10. The summed E-state index contributed by atoms with van der Waals surface area (Å²) in [6, 6.07) is 22.6. The van der Waals surface area contributed by atoms with E-state index < -0.39 is 0 Å². The smallest absolute Gasteiger partial charge is 0.189 e. The van der Waals surface area contributed by atoms with Gasteiger partial charge in [-0.25, -0.2) is 14.4 Å². The largest absolute Gasteiger partial charge is 0.340 e. The lowest BCUT2D eigenvalue weighted by Gasteiger charge is -2.09. The van der Waals surface area contributed by atoms with E-state index in [0.717, 1.165) is 11.3 Å². The molecule has 0 unspecified atom stereocenters. The fraction of sp³-hybridized carbons (Fsp3) is 0. The number of para-hydroxylation sites is 1. The number of hydrogen-bond acceptors (Lipinski definition) is 5. The summed E-state index contributed by atoms with van der Waals surface area (Å²) in [7, 11) is 0. The molecule has 0 fully saturated rings. The molecule has 0 saturated carbocycles. The monoisotopic (exact) mass is 410 g/mol. The van der Waals surface area contributed by atoms with Crippen LogP contribution in [0.15, 0.2) is 97.3 Å². The van der Waals surface area contributed by atoms with Crippen molar-refractivity contribution in [1.82, 2.24) is 9.97 Å². The zero-order chi connectivity index (χ0) is 21.5. The van der Waals surface area contributed by atoms with E-state index in [1.54, 1.807) is 48.8 Å². The first-order valence-corrected chi connectivity index (χ1v) is 9.66. The highest BCUT2D eigenvalue weighted by atomic mass is 19.1. The molecule has 4 rings (SSSR count). The number of carbonyl (C=O) groups excluding carboxylic acids is 1. The fourth-order valence-electron chi connectivity index (χ4n) is 2.94. The predicted octanol–water partition coefficient (Wildman–Crippen LogP) is 6.00. The average Bonchev–Trinajstić information content (AvgIpc) is 2.81. The molecule has 0 bridgehead atoms. The Bertz CT molecular complexity index is 1210. The number of hydrogen-bond donors (Lipinski definition) is 2. The van der Waals surface area contributed by atoms with Gasteiger partial charge in [-0.15, -0.1) is 0 Å². The molecule has 2 aromatic carbocycles. The van der Waals surface area contributed by atoms with Gasteiger partial charge in [0.05, 0.1) is 5.56 Å². The van der Waals surface area contributed by atoms with E-state index in [-0.39, 0.29) is 11.6 Å². The highest BCUT2D eigenvalue weighted by molar-refractivity contribution is 6.10. The number of nitrogens with zero attached hydrogens (tertiary/aromatic N) is 2. The normalized spacial score (nSPS) is 10.7. The Morgan fingerprint density at radius 3 is 2.16 bits per heavy atom. The molecule has 0 aliphatic carbocycles. The Morgan fingerprint density at radius 2 is 1.39 bits per heavy atom. The van der Waals surface area contributed by atoms with Crippen LogP contribution < -0.4 is 10.6 Å². The van der Waals surface area contributed by atoms with Crippen molar-refractivity contribution < 1.29 is 9.18 Å². The van der Waals surface area contributed by atoms with Crippen molar-refractivity contribution in [3.8, 4) is 0 Å². The molecule has 2 N–H and O–H groups in total. The first-order chi connectivity index (χ1) is 15.2. The van der Waals surface area contributed by atoms with Gasteiger partial charge in [-0.2, -0.15) is 0 Å². The standard InChI is InChI=1S/C25H19FN4O/c26-19-11-13-21(14-12-19)29-24-18(6-4-16-27-24)10-15-23(31)22-9-5-17-28-25(22)30-20-7-2-1-3-8-20/h1-17H,(H,27,29)(H,28,30). The minimum Gasteiger partial charge on any atom is -0.340 e. The predicted molar refractivity (Wildman–Crippen MR) is 121 cm³/mol. The molecule has 2 heterocycles. The first-order valence-electron chi connectivity index (χ1n) is 9.66. The van der Waals surface area contributed by atoms with E-state index >= 15 is 0 Å². The van der Waals surface area contributed by atoms with Crippen molar-refractivity contribution in [3.63, 3.8) is 0 Å². The molecule has 0 atom stereocenters. The Morgan fingerprint density at radius 1 is 0.742 bits per heavy atom. The minimum atomic E-state index is -0.311. The van der Waals surface area contributed by atoms with Crippen LogP contribution in [0.1, 0.15) is 15.9 Å². The number of halogens is 1. The summed E-state index contributed by atoms with van der Waals surface area (Å²) in [6.45, 7) is 0. The Hall–Kier alpha value is -4.32. The number of ketones is 1. The van der Waals surface area contributed by atoms with E-state index in [1.807, 2.05) is 36.4 Å². The van der Waals surface area contributed by atoms with E-state index in [4.69, 9.17) is 0 Å². The van der Waals surface area contributed by atoms with E-state index in [2.05, 4.69) is 20.6 Å². The molecule has 0 aliphatic rings. The Kier molecular flexibility index (Phi) is 6.09. The number of aromatic nitrogens is 2. The van der Waals surface area contributed by atoms with Gasteiger partial charge in [0.1, 0.15) is 17.5 Å². The van der Waals surface area contributed by atoms with Crippen LogP contribution in [0.3, 0.4) is 0 Å². The van der Waals surface area contributed by atoms with E-state index in [9.17, 15) is 9.18 Å². The van der Waals surface area contributed by atoms with Gasteiger partial charge in [0.25, 0.3) is 0 Å². The molecule has 152 valence electrons. The summed E-state index contributed by atoms with van der Waals surface area (Å²) in [4.78, 5) is 21.5. The van der Waals surface area contributed by atoms with Crippen LogP contribution in [0.2, 0.25) is 0 Å². The molecule has 4 aromatic rings. The molecular weight excluding hydrogens is 391 g/mol. The molecule has 0 spiro atoms. The van der Waals surface area contributed by atoms with Crippen LogP contribution in [0, 0.1) is 5.82 Å². The van der Waals surface area contributed by atoms with Gasteiger partial charge in [0.15, 0.2) is 5.78 Å².